The number of fused-ring (bicyclic) bond motifs is 4. The third kappa shape index (κ3) is 1.09. The number of rotatable bonds is 0. The van der Waals surface area contributed by atoms with Crippen molar-refractivity contribution >= 4 is 0 Å². The molecule has 1 heterocycles. The number of hydrogen-bond donors (Lipinski definition) is 0. The highest BCUT2D eigenvalue weighted by Crippen LogP contribution is 2.71. The van der Waals surface area contributed by atoms with Crippen LogP contribution in [0.5, 0.6) is 0 Å². The largest absolute Gasteiger partial charge is 0.347 e. The van der Waals surface area contributed by atoms with E-state index < -0.39 is 0 Å². The van der Waals surface area contributed by atoms with Crippen molar-refractivity contribution in [1.29, 1.82) is 0 Å². The minimum atomic E-state index is -0.274. The van der Waals surface area contributed by atoms with Gasteiger partial charge in [-0.1, -0.05) is 26.0 Å². The summed E-state index contributed by atoms with van der Waals surface area (Å²) < 4.78 is 12.3. The molecule has 1 spiro atoms. The van der Waals surface area contributed by atoms with Gasteiger partial charge in [-0.2, -0.15) is 0 Å². The Hall–Kier alpha value is -0.340. The molecule has 100 valence electrons. The SMILES string of the molecule is C=C1C(C)C[C@@H]2C[C@H]3CCC4(OCCO4)[C@@]3(C)[C@H]12. The van der Waals surface area contributed by atoms with Gasteiger partial charge < -0.3 is 9.47 Å². The predicted molar refractivity (Wildman–Crippen MR) is 70.0 cm³/mol. The molecule has 1 saturated heterocycles. The van der Waals surface area contributed by atoms with Crippen LogP contribution < -0.4 is 0 Å². The molecule has 0 N–H and O–H groups in total. The summed E-state index contributed by atoms with van der Waals surface area (Å²) in [7, 11) is 0. The zero-order valence-electron chi connectivity index (χ0n) is 11.6. The average molecular weight is 248 g/mol. The van der Waals surface area contributed by atoms with Gasteiger partial charge >= 0.3 is 0 Å². The second kappa shape index (κ2) is 3.40. The maximum absolute atomic E-state index is 6.15. The van der Waals surface area contributed by atoms with Crippen molar-refractivity contribution in [2.45, 2.75) is 45.3 Å². The highest BCUT2D eigenvalue weighted by molar-refractivity contribution is 5.26. The minimum absolute atomic E-state index is 0.190. The lowest BCUT2D eigenvalue weighted by Crippen LogP contribution is -2.48. The number of allylic oxidation sites excluding steroid dienone is 1. The van der Waals surface area contributed by atoms with Crippen LogP contribution in [0, 0.1) is 29.1 Å². The smallest absolute Gasteiger partial charge is 0.174 e. The van der Waals surface area contributed by atoms with E-state index in [1.807, 2.05) is 0 Å². The zero-order chi connectivity index (χ0) is 12.5. The first-order valence-corrected chi connectivity index (χ1v) is 7.55. The van der Waals surface area contributed by atoms with Gasteiger partial charge in [-0.15, -0.1) is 0 Å². The molecule has 2 nitrogen and oxygen atoms in total. The fourth-order valence-corrected chi connectivity index (χ4v) is 5.83. The fraction of sp³-hybridized carbons (Fsp3) is 0.875. The Morgan fingerprint density at radius 3 is 2.67 bits per heavy atom. The standard InChI is InChI=1S/C16H24O2/c1-10-8-12-9-13-4-5-16(17-6-7-18-16)15(13,3)14(12)11(10)2/h10,12-14H,2,4-9H2,1,3H3/t10?,12-,13-,14-,15-/m1/s1. The molecule has 3 saturated carbocycles. The highest BCUT2D eigenvalue weighted by Gasteiger charge is 2.70. The Morgan fingerprint density at radius 2 is 1.94 bits per heavy atom. The maximum atomic E-state index is 6.15. The molecule has 0 aromatic heterocycles. The molecule has 4 fully saturated rings. The van der Waals surface area contributed by atoms with Crippen LogP contribution in [0.15, 0.2) is 12.2 Å². The molecular weight excluding hydrogens is 224 g/mol. The van der Waals surface area contributed by atoms with Crippen LogP contribution >= 0.6 is 0 Å². The van der Waals surface area contributed by atoms with Gasteiger partial charge in [-0.25, -0.2) is 0 Å². The van der Waals surface area contributed by atoms with Gasteiger partial charge in [0.2, 0.25) is 0 Å². The first-order valence-electron chi connectivity index (χ1n) is 7.55. The lowest BCUT2D eigenvalue weighted by Gasteiger charge is -2.44. The molecule has 2 heteroatoms. The molecule has 5 atom stereocenters. The molecule has 18 heavy (non-hydrogen) atoms. The van der Waals surface area contributed by atoms with E-state index in [9.17, 15) is 0 Å². The Labute approximate surface area is 110 Å². The van der Waals surface area contributed by atoms with Gasteiger partial charge in [0, 0.05) is 11.8 Å². The van der Waals surface area contributed by atoms with Crippen molar-refractivity contribution in [1.82, 2.24) is 0 Å². The monoisotopic (exact) mass is 248 g/mol. The lowest BCUT2D eigenvalue weighted by atomic mass is 9.69. The van der Waals surface area contributed by atoms with Gasteiger partial charge in [0.05, 0.1) is 13.2 Å². The summed E-state index contributed by atoms with van der Waals surface area (Å²) in [4.78, 5) is 0. The van der Waals surface area contributed by atoms with E-state index in [1.165, 1.54) is 24.8 Å². The molecular formula is C16H24O2. The summed E-state index contributed by atoms with van der Waals surface area (Å²) in [5.41, 5.74) is 1.67. The molecule has 1 unspecified atom stereocenters. The Bertz CT molecular complexity index is 396. The topological polar surface area (TPSA) is 18.5 Å². The highest BCUT2D eigenvalue weighted by atomic mass is 16.7. The van der Waals surface area contributed by atoms with Crippen molar-refractivity contribution in [2.75, 3.05) is 13.2 Å². The predicted octanol–water partition coefficient (Wildman–Crippen LogP) is 3.38. The van der Waals surface area contributed by atoms with E-state index in [1.54, 1.807) is 0 Å². The van der Waals surface area contributed by atoms with Gasteiger partial charge in [0.25, 0.3) is 0 Å². The zero-order valence-corrected chi connectivity index (χ0v) is 11.6. The van der Waals surface area contributed by atoms with Crippen LogP contribution in [0.2, 0.25) is 0 Å². The van der Waals surface area contributed by atoms with Crippen molar-refractivity contribution in [3.63, 3.8) is 0 Å². The molecule has 0 amide bonds. The molecule has 0 radical (unpaired) electrons. The van der Waals surface area contributed by atoms with Crippen LogP contribution in [0.25, 0.3) is 0 Å². The van der Waals surface area contributed by atoms with E-state index in [0.29, 0.717) is 11.8 Å². The van der Waals surface area contributed by atoms with Gasteiger partial charge in [-0.05, 0) is 42.9 Å². The fourth-order valence-electron chi connectivity index (χ4n) is 5.83. The van der Waals surface area contributed by atoms with Crippen LogP contribution in [-0.2, 0) is 9.47 Å². The summed E-state index contributed by atoms with van der Waals surface area (Å²) in [6.07, 6.45) is 5.09. The molecule has 0 aromatic carbocycles. The Kier molecular flexibility index (Phi) is 2.17. The third-order valence-electron chi connectivity index (χ3n) is 6.64. The van der Waals surface area contributed by atoms with Gasteiger partial charge in [-0.3, -0.25) is 0 Å². The second-order valence-electron chi connectivity index (χ2n) is 7.15. The first kappa shape index (κ1) is 11.5. The van der Waals surface area contributed by atoms with E-state index in [0.717, 1.165) is 31.5 Å². The van der Waals surface area contributed by atoms with Gasteiger partial charge in [0.15, 0.2) is 5.79 Å². The lowest BCUT2D eigenvalue weighted by molar-refractivity contribution is -0.230. The number of hydrogen-bond acceptors (Lipinski definition) is 2. The molecule has 1 aliphatic heterocycles. The first-order chi connectivity index (χ1) is 8.58. The molecule has 3 aliphatic carbocycles. The Balaban J connectivity index is 1.79. The molecule has 4 rings (SSSR count). The van der Waals surface area contributed by atoms with Gasteiger partial charge in [0.1, 0.15) is 0 Å². The second-order valence-corrected chi connectivity index (χ2v) is 7.15. The van der Waals surface area contributed by atoms with E-state index in [2.05, 4.69) is 20.4 Å². The molecule has 0 aromatic rings. The van der Waals surface area contributed by atoms with Crippen LogP contribution in [0.1, 0.15) is 39.5 Å². The average Bonchev–Trinajstić information content (AvgIpc) is 3.02. The molecule has 4 aliphatic rings. The van der Waals surface area contributed by atoms with Crippen molar-refractivity contribution < 1.29 is 9.47 Å². The van der Waals surface area contributed by atoms with Crippen molar-refractivity contribution in [3.05, 3.63) is 12.2 Å². The third-order valence-corrected chi connectivity index (χ3v) is 6.64. The normalized spacial score (nSPS) is 53.1. The van der Waals surface area contributed by atoms with Crippen LogP contribution in [0.4, 0.5) is 0 Å². The number of ether oxygens (including phenoxy) is 2. The molecule has 0 bridgehead atoms. The van der Waals surface area contributed by atoms with Crippen LogP contribution in [-0.4, -0.2) is 19.0 Å². The van der Waals surface area contributed by atoms with Crippen molar-refractivity contribution in [2.24, 2.45) is 29.1 Å². The van der Waals surface area contributed by atoms with Crippen molar-refractivity contribution in [3.8, 4) is 0 Å². The van der Waals surface area contributed by atoms with E-state index >= 15 is 0 Å². The van der Waals surface area contributed by atoms with E-state index in [4.69, 9.17) is 9.47 Å². The summed E-state index contributed by atoms with van der Waals surface area (Å²) in [5, 5.41) is 0. The summed E-state index contributed by atoms with van der Waals surface area (Å²) in [5.74, 6) is 2.68. The van der Waals surface area contributed by atoms with E-state index in [-0.39, 0.29) is 11.2 Å². The summed E-state index contributed by atoms with van der Waals surface area (Å²) in [6.45, 7) is 10.8. The van der Waals surface area contributed by atoms with Crippen LogP contribution in [0.3, 0.4) is 0 Å². The minimum Gasteiger partial charge on any atom is -0.347 e. The maximum Gasteiger partial charge on any atom is 0.174 e. The Morgan fingerprint density at radius 1 is 1.22 bits per heavy atom. The quantitative estimate of drug-likeness (QED) is 0.612. The summed E-state index contributed by atoms with van der Waals surface area (Å²) in [6, 6.07) is 0. The summed E-state index contributed by atoms with van der Waals surface area (Å²) >= 11 is 0.